The third kappa shape index (κ3) is 3.10. The van der Waals surface area contributed by atoms with Crippen molar-refractivity contribution in [2.24, 2.45) is 23.7 Å². The maximum atomic E-state index is 6.77. The summed E-state index contributed by atoms with van der Waals surface area (Å²) in [4.78, 5) is 0. The Labute approximate surface area is 298 Å². The number of benzene rings is 7. The molecule has 6 aliphatic carbocycles. The highest BCUT2D eigenvalue weighted by molar-refractivity contribution is 6.06. The predicted octanol–water partition coefficient (Wildman–Crippen LogP) is 12.3. The van der Waals surface area contributed by atoms with E-state index < -0.39 is 0 Å². The minimum Gasteiger partial charge on any atom is -0.457 e. The summed E-state index contributed by atoms with van der Waals surface area (Å²) >= 11 is 0. The zero-order valence-electron chi connectivity index (χ0n) is 28.4. The Morgan fingerprint density at radius 1 is 0.471 bits per heavy atom. The summed E-state index contributed by atoms with van der Waals surface area (Å²) in [5.41, 5.74) is 16.2. The van der Waals surface area contributed by atoms with Crippen molar-refractivity contribution in [3.63, 3.8) is 0 Å². The van der Waals surface area contributed by atoms with Gasteiger partial charge in [0.25, 0.3) is 0 Å². The molecule has 4 bridgehead atoms. The molecular formula is C50H36O. The van der Waals surface area contributed by atoms with Crippen molar-refractivity contribution in [3.05, 3.63) is 179 Å². The van der Waals surface area contributed by atoms with E-state index in [0.29, 0.717) is 11.8 Å². The van der Waals surface area contributed by atoms with Crippen molar-refractivity contribution < 1.29 is 4.74 Å². The Balaban J connectivity index is 1.06. The minimum absolute atomic E-state index is 0.0520. The van der Waals surface area contributed by atoms with E-state index in [1.54, 1.807) is 0 Å². The van der Waals surface area contributed by atoms with Crippen LogP contribution in [0.4, 0.5) is 0 Å². The third-order valence-electron chi connectivity index (χ3n) is 14.5. The topological polar surface area (TPSA) is 9.23 Å². The van der Waals surface area contributed by atoms with Gasteiger partial charge in [0.2, 0.25) is 0 Å². The molecule has 0 N–H and O–H groups in total. The smallest absolute Gasteiger partial charge is 0.131 e. The Morgan fingerprint density at radius 2 is 1.16 bits per heavy atom. The number of hydrogen-bond acceptors (Lipinski definition) is 1. The van der Waals surface area contributed by atoms with Crippen LogP contribution >= 0.6 is 0 Å². The predicted molar refractivity (Wildman–Crippen MR) is 205 cm³/mol. The number of para-hydroxylation sites is 1. The van der Waals surface area contributed by atoms with Crippen LogP contribution in [0.3, 0.4) is 0 Å². The van der Waals surface area contributed by atoms with Crippen molar-refractivity contribution in [3.8, 4) is 44.9 Å². The van der Waals surface area contributed by atoms with Gasteiger partial charge < -0.3 is 4.74 Å². The first-order valence-electron chi connectivity index (χ1n) is 19.0. The largest absolute Gasteiger partial charge is 0.457 e. The summed E-state index contributed by atoms with van der Waals surface area (Å²) < 4.78 is 6.77. The Hall–Kier alpha value is -5.40. The average Bonchev–Trinajstić information content (AvgIpc) is 3.83. The lowest BCUT2D eigenvalue weighted by Gasteiger charge is -2.48. The van der Waals surface area contributed by atoms with Gasteiger partial charge in [-0.05, 0) is 140 Å². The Kier molecular flexibility index (Phi) is 4.97. The van der Waals surface area contributed by atoms with Crippen molar-refractivity contribution in [1.82, 2.24) is 0 Å². The molecule has 1 nitrogen and oxygen atoms in total. The molecule has 1 heterocycles. The summed E-state index contributed by atoms with van der Waals surface area (Å²) in [7, 11) is 0. The molecule has 7 aromatic carbocycles. The molecule has 1 aliphatic heterocycles. The van der Waals surface area contributed by atoms with Crippen LogP contribution in [0, 0.1) is 23.7 Å². The van der Waals surface area contributed by atoms with Gasteiger partial charge in [-0.2, -0.15) is 0 Å². The van der Waals surface area contributed by atoms with Gasteiger partial charge in [-0.3, -0.25) is 0 Å². The van der Waals surface area contributed by atoms with E-state index >= 15 is 0 Å². The molecule has 0 radical (unpaired) electrons. The first-order valence-corrected chi connectivity index (χ1v) is 19.0. The first-order chi connectivity index (χ1) is 25.2. The Bertz CT molecular complexity index is 2680. The zero-order valence-corrected chi connectivity index (χ0v) is 28.4. The van der Waals surface area contributed by atoms with Gasteiger partial charge in [0.15, 0.2) is 0 Å². The van der Waals surface area contributed by atoms with E-state index in [4.69, 9.17) is 4.74 Å². The third-order valence-corrected chi connectivity index (χ3v) is 14.5. The highest BCUT2D eigenvalue weighted by atomic mass is 16.5. The Morgan fingerprint density at radius 3 is 2.04 bits per heavy atom. The lowest BCUT2D eigenvalue weighted by Crippen LogP contribution is -2.43. The number of rotatable bonds is 1. The lowest BCUT2D eigenvalue weighted by molar-refractivity contribution is 0.173. The maximum absolute atomic E-state index is 6.77. The van der Waals surface area contributed by atoms with Crippen LogP contribution in [-0.2, 0) is 10.8 Å². The summed E-state index contributed by atoms with van der Waals surface area (Å²) in [5, 5.41) is 2.63. The van der Waals surface area contributed by atoms with Gasteiger partial charge >= 0.3 is 0 Å². The second kappa shape index (κ2) is 9.28. The van der Waals surface area contributed by atoms with Gasteiger partial charge in [0.05, 0.1) is 5.41 Å². The molecule has 2 spiro atoms. The zero-order chi connectivity index (χ0) is 33.1. The van der Waals surface area contributed by atoms with E-state index in [-0.39, 0.29) is 10.8 Å². The first kappa shape index (κ1) is 27.3. The van der Waals surface area contributed by atoms with Crippen LogP contribution in [0.15, 0.2) is 146 Å². The lowest BCUT2D eigenvalue weighted by atomic mass is 9.56. The maximum Gasteiger partial charge on any atom is 0.131 e. The second-order valence-corrected chi connectivity index (χ2v) is 16.4. The van der Waals surface area contributed by atoms with Crippen molar-refractivity contribution in [1.29, 1.82) is 0 Å². The van der Waals surface area contributed by atoms with Crippen LogP contribution < -0.4 is 4.74 Å². The number of hydrogen-bond donors (Lipinski definition) is 0. The molecule has 1 heteroatoms. The normalized spacial score (nSPS) is 27.6. The van der Waals surface area contributed by atoms with Crippen LogP contribution in [0.5, 0.6) is 11.5 Å². The summed E-state index contributed by atoms with van der Waals surface area (Å²) in [6.45, 7) is 0. The average molecular weight is 653 g/mol. The molecule has 6 unspecified atom stereocenters. The molecule has 0 amide bonds. The molecule has 14 rings (SSSR count). The molecule has 4 fully saturated rings. The second-order valence-electron chi connectivity index (χ2n) is 16.4. The van der Waals surface area contributed by atoms with E-state index in [2.05, 4.69) is 146 Å². The monoisotopic (exact) mass is 652 g/mol. The standard InChI is InChI=1S/C50H36O/c1-2-10-35-30(9-1)18-21-42-48(35)38-12-4-6-14-40(38)50(42)39-13-5-3-11-36(39)37-20-17-31(27-44(37)50)32-19-22-47-45(28-32)49(41-15-7-8-16-46(41)51-47)34-24-29-23-33(26-34)43(49)25-29/h1-22,27-29,33-34,43H,23-26H2. The molecule has 0 aromatic heterocycles. The minimum atomic E-state index is -0.376. The molecule has 6 atom stereocenters. The molecule has 7 aliphatic rings. The fourth-order valence-electron chi connectivity index (χ4n) is 13.0. The van der Waals surface area contributed by atoms with Crippen LogP contribution in [-0.4, -0.2) is 0 Å². The summed E-state index contributed by atoms with van der Waals surface area (Å²) in [6, 6.07) is 55.6. The molecule has 4 saturated carbocycles. The van der Waals surface area contributed by atoms with E-state index in [1.165, 1.54) is 103 Å². The quantitative estimate of drug-likeness (QED) is 0.171. The summed E-state index contributed by atoms with van der Waals surface area (Å²) in [6.07, 6.45) is 5.52. The fourth-order valence-corrected chi connectivity index (χ4v) is 13.0. The van der Waals surface area contributed by atoms with Gasteiger partial charge in [0, 0.05) is 16.5 Å². The number of ether oxygens (including phenoxy) is 1. The van der Waals surface area contributed by atoms with Gasteiger partial charge in [-0.15, -0.1) is 0 Å². The van der Waals surface area contributed by atoms with E-state index in [1.807, 2.05) is 0 Å². The molecule has 51 heavy (non-hydrogen) atoms. The van der Waals surface area contributed by atoms with Crippen molar-refractivity contribution in [2.45, 2.75) is 36.5 Å². The SMILES string of the molecule is c1ccc2c(c1)Oc1ccc(-c3ccc4c(c3)C3(c5ccccc5-4)c4ccccc4-c4c3ccc3ccccc43)cc1C21C2CC3CC(C2)C1C3. The summed E-state index contributed by atoms with van der Waals surface area (Å²) in [5.74, 6) is 5.31. The molecule has 7 aromatic rings. The fraction of sp³-hybridized carbons (Fsp3) is 0.200. The molecular weight excluding hydrogens is 617 g/mol. The van der Waals surface area contributed by atoms with Crippen molar-refractivity contribution >= 4 is 10.8 Å². The molecule has 242 valence electrons. The van der Waals surface area contributed by atoms with Gasteiger partial charge in [-0.1, -0.05) is 121 Å². The van der Waals surface area contributed by atoms with Gasteiger partial charge in [0.1, 0.15) is 11.5 Å². The van der Waals surface area contributed by atoms with Crippen LogP contribution in [0.2, 0.25) is 0 Å². The number of fused-ring (bicyclic) bond motifs is 14. The van der Waals surface area contributed by atoms with Crippen molar-refractivity contribution in [2.75, 3.05) is 0 Å². The highest BCUT2D eigenvalue weighted by Crippen LogP contribution is 2.72. The van der Waals surface area contributed by atoms with E-state index in [9.17, 15) is 0 Å². The van der Waals surface area contributed by atoms with Crippen LogP contribution in [0.1, 0.15) is 59.1 Å². The molecule has 0 saturated heterocycles. The van der Waals surface area contributed by atoms with Gasteiger partial charge in [-0.25, -0.2) is 0 Å². The van der Waals surface area contributed by atoms with Crippen LogP contribution in [0.25, 0.3) is 44.2 Å². The van der Waals surface area contributed by atoms with E-state index in [0.717, 1.165) is 23.3 Å². The highest BCUT2D eigenvalue weighted by Gasteiger charge is 2.65.